The molecule has 1 aromatic heterocycles. The predicted octanol–water partition coefficient (Wildman–Crippen LogP) is 3.52. The minimum atomic E-state index is -0.858. The summed E-state index contributed by atoms with van der Waals surface area (Å²) in [4.78, 5) is 41.7. The summed E-state index contributed by atoms with van der Waals surface area (Å²) in [5, 5.41) is 3.96. The van der Waals surface area contributed by atoms with Gasteiger partial charge in [0.2, 0.25) is 5.82 Å². The van der Waals surface area contributed by atoms with Crippen molar-refractivity contribution >= 4 is 41.0 Å². The third kappa shape index (κ3) is 3.77. The molecule has 0 N–H and O–H groups in total. The van der Waals surface area contributed by atoms with Crippen molar-refractivity contribution in [2.75, 3.05) is 6.54 Å². The van der Waals surface area contributed by atoms with Gasteiger partial charge in [-0.1, -0.05) is 28.4 Å². The molecule has 0 saturated carbocycles. The number of esters is 1. The van der Waals surface area contributed by atoms with E-state index in [9.17, 15) is 18.8 Å². The molecule has 0 atom stereocenters. The average Bonchev–Trinajstić information content (AvgIpc) is 3.28. The van der Waals surface area contributed by atoms with Crippen LogP contribution >= 0.6 is 23.2 Å². The molecular weight excluding hydrogens is 440 g/mol. The minimum Gasteiger partial charge on any atom is -0.454 e. The molecule has 0 saturated heterocycles. The number of amides is 2. The lowest BCUT2D eigenvalue weighted by Crippen LogP contribution is -2.35. The standard InChI is InChI=1S/C19H10Cl2FN3O5/c20-13-5-11-12(6-14(13)21)19(28)25(18(11)27)7-16(26)29-8-15-23-17(24-30-15)9-1-3-10(22)4-2-9/h1-6H,7-8H2. The second-order valence-electron chi connectivity index (χ2n) is 6.19. The van der Waals surface area contributed by atoms with Crippen LogP contribution in [0, 0.1) is 5.82 Å². The minimum absolute atomic E-state index is 0.0106. The number of aromatic nitrogens is 2. The summed E-state index contributed by atoms with van der Waals surface area (Å²) in [7, 11) is 0. The van der Waals surface area contributed by atoms with Gasteiger partial charge < -0.3 is 9.26 Å². The van der Waals surface area contributed by atoms with Crippen LogP contribution in [-0.4, -0.2) is 39.4 Å². The Balaban J connectivity index is 1.38. The number of rotatable bonds is 5. The molecule has 0 fully saturated rings. The number of hydrogen-bond acceptors (Lipinski definition) is 7. The maximum Gasteiger partial charge on any atom is 0.326 e. The van der Waals surface area contributed by atoms with Crippen LogP contribution in [0.3, 0.4) is 0 Å². The van der Waals surface area contributed by atoms with E-state index in [2.05, 4.69) is 10.1 Å². The summed E-state index contributed by atoms with van der Waals surface area (Å²) in [6.07, 6.45) is 0. The number of benzene rings is 2. The largest absolute Gasteiger partial charge is 0.454 e. The third-order valence-corrected chi connectivity index (χ3v) is 4.95. The quantitative estimate of drug-likeness (QED) is 0.433. The van der Waals surface area contributed by atoms with Crippen LogP contribution in [-0.2, 0) is 16.1 Å². The Kier molecular flexibility index (Phi) is 5.23. The Bertz CT molecular complexity index is 1140. The summed E-state index contributed by atoms with van der Waals surface area (Å²) in [5.41, 5.74) is 0.632. The number of ether oxygens (including phenoxy) is 1. The van der Waals surface area contributed by atoms with Crippen molar-refractivity contribution in [3.8, 4) is 11.4 Å². The van der Waals surface area contributed by atoms with Crippen molar-refractivity contribution in [2.45, 2.75) is 6.61 Å². The molecular formula is C19H10Cl2FN3O5. The number of halogens is 3. The van der Waals surface area contributed by atoms with Gasteiger partial charge in [-0.2, -0.15) is 4.98 Å². The fourth-order valence-corrected chi connectivity index (χ4v) is 3.10. The van der Waals surface area contributed by atoms with E-state index >= 15 is 0 Å². The summed E-state index contributed by atoms with van der Waals surface area (Å²) in [5.74, 6) is -2.44. The molecule has 0 spiro atoms. The first-order valence-corrected chi connectivity index (χ1v) is 9.18. The van der Waals surface area contributed by atoms with E-state index in [1.807, 2.05) is 0 Å². The van der Waals surface area contributed by atoms with Crippen LogP contribution in [0.5, 0.6) is 0 Å². The van der Waals surface area contributed by atoms with E-state index in [0.717, 1.165) is 4.90 Å². The van der Waals surface area contributed by atoms with Crippen molar-refractivity contribution in [1.82, 2.24) is 15.0 Å². The lowest BCUT2D eigenvalue weighted by molar-refractivity contribution is -0.146. The predicted molar refractivity (Wildman–Crippen MR) is 101 cm³/mol. The molecule has 2 aromatic carbocycles. The highest BCUT2D eigenvalue weighted by molar-refractivity contribution is 6.43. The highest BCUT2D eigenvalue weighted by Crippen LogP contribution is 2.31. The Morgan fingerprint density at radius 1 is 1.07 bits per heavy atom. The summed E-state index contributed by atoms with van der Waals surface area (Å²) < 4.78 is 23.0. The van der Waals surface area contributed by atoms with Crippen LogP contribution in [0.2, 0.25) is 10.0 Å². The topological polar surface area (TPSA) is 103 Å². The summed E-state index contributed by atoms with van der Waals surface area (Å²) in [6.45, 7) is -0.978. The van der Waals surface area contributed by atoms with Gasteiger partial charge >= 0.3 is 5.97 Å². The first kappa shape index (κ1) is 20.0. The van der Waals surface area contributed by atoms with E-state index in [-0.39, 0.29) is 39.5 Å². The Hall–Kier alpha value is -3.30. The molecule has 0 bridgehead atoms. The Morgan fingerprint density at radius 3 is 2.27 bits per heavy atom. The van der Waals surface area contributed by atoms with Crippen molar-refractivity contribution in [3.05, 3.63) is 69.3 Å². The number of hydrogen-bond donors (Lipinski definition) is 0. The van der Waals surface area contributed by atoms with Crippen LogP contribution in [0.1, 0.15) is 26.6 Å². The molecule has 2 heterocycles. The number of nitrogens with zero attached hydrogens (tertiary/aromatic N) is 3. The average molecular weight is 450 g/mol. The summed E-state index contributed by atoms with van der Waals surface area (Å²) >= 11 is 11.8. The van der Waals surface area contributed by atoms with E-state index in [1.165, 1.54) is 36.4 Å². The monoisotopic (exact) mass is 449 g/mol. The van der Waals surface area contributed by atoms with Crippen LogP contribution in [0.4, 0.5) is 4.39 Å². The zero-order chi connectivity index (χ0) is 21.4. The second kappa shape index (κ2) is 7.85. The third-order valence-electron chi connectivity index (χ3n) is 4.23. The molecule has 1 aliphatic heterocycles. The SMILES string of the molecule is O=C(CN1C(=O)c2cc(Cl)c(Cl)cc2C1=O)OCc1nc(-c2ccc(F)cc2)no1. The van der Waals surface area contributed by atoms with Gasteiger partial charge in [0.1, 0.15) is 12.4 Å². The van der Waals surface area contributed by atoms with E-state index in [4.69, 9.17) is 32.5 Å². The fraction of sp³-hybridized carbons (Fsp3) is 0.105. The molecule has 2 amide bonds. The molecule has 0 aliphatic carbocycles. The molecule has 30 heavy (non-hydrogen) atoms. The first-order chi connectivity index (χ1) is 14.3. The van der Waals surface area contributed by atoms with Gasteiger partial charge in [-0.3, -0.25) is 19.3 Å². The lowest BCUT2D eigenvalue weighted by Gasteiger charge is -2.12. The van der Waals surface area contributed by atoms with Gasteiger partial charge in [-0.05, 0) is 36.4 Å². The van der Waals surface area contributed by atoms with Crippen LogP contribution in [0.25, 0.3) is 11.4 Å². The Morgan fingerprint density at radius 2 is 1.67 bits per heavy atom. The molecule has 8 nitrogen and oxygen atoms in total. The number of carbonyl (C=O) groups excluding carboxylic acids is 3. The first-order valence-electron chi connectivity index (χ1n) is 8.43. The molecule has 0 radical (unpaired) electrons. The molecule has 11 heteroatoms. The molecule has 1 aliphatic rings. The highest BCUT2D eigenvalue weighted by atomic mass is 35.5. The molecule has 152 valence electrons. The van der Waals surface area contributed by atoms with Gasteiger partial charge in [0.05, 0.1) is 21.2 Å². The number of imide groups is 1. The second-order valence-corrected chi connectivity index (χ2v) is 7.00. The number of fused-ring (bicyclic) bond motifs is 1. The van der Waals surface area contributed by atoms with Gasteiger partial charge in [-0.25, -0.2) is 4.39 Å². The zero-order valence-corrected chi connectivity index (χ0v) is 16.4. The molecule has 3 aromatic rings. The van der Waals surface area contributed by atoms with Gasteiger partial charge in [0, 0.05) is 5.56 Å². The maximum atomic E-state index is 13.0. The van der Waals surface area contributed by atoms with E-state index < -0.39 is 30.1 Å². The molecule has 4 rings (SSSR count). The van der Waals surface area contributed by atoms with Gasteiger partial charge in [-0.15, -0.1) is 0 Å². The van der Waals surface area contributed by atoms with Crippen molar-refractivity contribution in [3.63, 3.8) is 0 Å². The van der Waals surface area contributed by atoms with Crippen molar-refractivity contribution in [1.29, 1.82) is 0 Å². The number of carbonyl (C=O) groups is 3. The van der Waals surface area contributed by atoms with Crippen LogP contribution in [0.15, 0.2) is 40.9 Å². The van der Waals surface area contributed by atoms with E-state index in [1.54, 1.807) is 0 Å². The van der Waals surface area contributed by atoms with Gasteiger partial charge in [0.25, 0.3) is 17.7 Å². The van der Waals surface area contributed by atoms with Gasteiger partial charge in [0.15, 0.2) is 6.61 Å². The summed E-state index contributed by atoms with van der Waals surface area (Å²) in [6, 6.07) is 7.98. The lowest BCUT2D eigenvalue weighted by atomic mass is 10.1. The normalized spacial score (nSPS) is 13.0. The zero-order valence-electron chi connectivity index (χ0n) is 14.9. The van der Waals surface area contributed by atoms with Crippen molar-refractivity contribution in [2.24, 2.45) is 0 Å². The molecule has 0 unspecified atom stereocenters. The smallest absolute Gasteiger partial charge is 0.326 e. The fourth-order valence-electron chi connectivity index (χ4n) is 2.77. The van der Waals surface area contributed by atoms with Crippen molar-refractivity contribution < 1.29 is 28.0 Å². The maximum absolute atomic E-state index is 13.0. The van der Waals surface area contributed by atoms with E-state index in [0.29, 0.717) is 5.56 Å². The van der Waals surface area contributed by atoms with Crippen LogP contribution < -0.4 is 0 Å². The highest BCUT2D eigenvalue weighted by Gasteiger charge is 2.37. The Labute approximate surface area is 178 Å².